The quantitative estimate of drug-likeness (QED) is 0.882. The summed E-state index contributed by atoms with van der Waals surface area (Å²) < 4.78 is 0. The second-order valence-electron chi connectivity index (χ2n) is 5.91. The zero-order valence-corrected chi connectivity index (χ0v) is 13.3. The fraction of sp³-hybridized carbons (Fsp3) is 0.438. The molecule has 1 aliphatic carbocycles. The molecule has 1 aromatic heterocycles. The first-order valence-corrected chi connectivity index (χ1v) is 8.58. The minimum Gasteiger partial charge on any atom is -0.311 e. The Morgan fingerprint density at radius 3 is 3.05 bits per heavy atom. The summed E-state index contributed by atoms with van der Waals surface area (Å²) in [5.74, 6) is 1.65. The Kier molecular flexibility index (Phi) is 3.41. The SMILES string of the molecule is CC(Sc1n[nH]c(C2CC2)n1)C(=O)N1CCc2ccccc21. The number of aromatic nitrogens is 3. The molecule has 0 radical (unpaired) electrons. The van der Waals surface area contributed by atoms with Crippen molar-refractivity contribution in [3.63, 3.8) is 0 Å². The van der Waals surface area contributed by atoms with Crippen LogP contribution in [0, 0.1) is 0 Å². The van der Waals surface area contributed by atoms with Crippen LogP contribution in [0.3, 0.4) is 0 Å². The van der Waals surface area contributed by atoms with Crippen molar-refractivity contribution in [1.29, 1.82) is 0 Å². The number of nitrogens with zero attached hydrogens (tertiary/aromatic N) is 3. The lowest BCUT2D eigenvalue weighted by molar-refractivity contribution is -0.117. The largest absolute Gasteiger partial charge is 0.311 e. The van der Waals surface area contributed by atoms with Gasteiger partial charge in [0.15, 0.2) is 0 Å². The number of hydrogen-bond acceptors (Lipinski definition) is 4. The van der Waals surface area contributed by atoms with Gasteiger partial charge in [-0.2, -0.15) is 0 Å². The third kappa shape index (κ3) is 2.52. The van der Waals surface area contributed by atoms with E-state index in [2.05, 4.69) is 21.2 Å². The van der Waals surface area contributed by atoms with E-state index in [1.165, 1.54) is 30.2 Å². The predicted octanol–water partition coefficient (Wildman–Crippen LogP) is 2.75. The summed E-state index contributed by atoms with van der Waals surface area (Å²) >= 11 is 1.43. The lowest BCUT2D eigenvalue weighted by Crippen LogP contribution is -2.35. The molecule has 5 nitrogen and oxygen atoms in total. The van der Waals surface area contributed by atoms with E-state index in [9.17, 15) is 4.79 Å². The number of nitrogens with one attached hydrogen (secondary N) is 1. The number of benzene rings is 1. The smallest absolute Gasteiger partial charge is 0.240 e. The van der Waals surface area contributed by atoms with Crippen LogP contribution in [-0.4, -0.2) is 32.9 Å². The van der Waals surface area contributed by atoms with Gasteiger partial charge in [0.05, 0.1) is 5.25 Å². The number of para-hydroxylation sites is 1. The molecule has 4 rings (SSSR count). The van der Waals surface area contributed by atoms with Crippen molar-refractivity contribution in [1.82, 2.24) is 15.2 Å². The highest BCUT2D eigenvalue weighted by molar-refractivity contribution is 8.00. The van der Waals surface area contributed by atoms with E-state index in [1.54, 1.807) is 0 Å². The van der Waals surface area contributed by atoms with Gasteiger partial charge in [0.2, 0.25) is 11.1 Å². The number of fused-ring (bicyclic) bond motifs is 1. The molecule has 0 bridgehead atoms. The number of thioether (sulfide) groups is 1. The van der Waals surface area contributed by atoms with Gasteiger partial charge in [-0.25, -0.2) is 4.98 Å². The number of aromatic amines is 1. The zero-order chi connectivity index (χ0) is 15.1. The molecule has 1 atom stereocenters. The molecule has 2 heterocycles. The van der Waals surface area contributed by atoms with Crippen molar-refractivity contribution < 1.29 is 4.79 Å². The van der Waals surface area contributed by atoms with Crippen molar-refractivity contribution in [3.05, 3.63) is 35.7 Å². The molecule has 1 saturated carbocycles. The molecule has 1 aliphatic heterocycles. The molecule has 2 aliphatic rings. The Balaban J connectivity index is 1.45. The van der Waals surface area contributed by atoms with Crippen LogP contribution in [-0.2, 0) is 11.2 Å². The molecular weight excluding hydrogens is 296 g/mol. The first-order chi connectivity index (χ1) is 10.7. The first kappa shape index (κ1) is 13.8. The second kappa shape index (κ2) is 5.43. The van der Waals surface area contributed by atoms with Crippen LogP contribution in [0.4, 0.5) is 5.69 Å². The van der Waals surface area contributed by atoms with Gasteiger partial charge in [-0.3, -0.25) is 9.89 Å². The summed E-state index contributed by atoms with van der Waals surface area (Å²) in [5.41, 5.74) is 2.30. The number of H-pyrrole nitrogens is 1. The lowest BCUT2D eigenvalue weighted by atomic mass is 10.2. The van der Waals surface area contributed by atoms with Crippen LogP contribution in [0.25, 0.3) is 0 Å². The number of carbonyl (C=O) groups excluding carboxylic acids is 1. The van der Waals surface area contributed by atoms with Gasteiger partial charge in [0.25, 0.3) is 0 Å². The fourth-order valence-corrected chi connectivity index (χ4v) is 3.64. The molecule has 0 saturated heterocycles. The molecule has 6 heteroatoms. The summed E-state index contributed by atoms with van der Waals surface area (Å²) in [6.07, 6.45) is 3.32. The summed E-state index contributed by atoms with van der Waals surface area (Å²) in [5, 5.41) is 7.71. The van der Waals surface area contributed by atoms with E-state index in [-0.39, 0.29) is 11.2 Å². The molecule has 1 aromatic carbocycles. The molecule has 1 unspecified atom stereocenters. The highest BCUT2D eigenvalue weighted by atomic mass is 32.2. The fourth-order valence-electron chi connectivity index (χ4n) is 2.85. The topological polar surface area (TPSA) is 61.9 Å². The van der Waals surface area contributed by atoms with Crippen LogP contribution in [0.1, 0.15) is 37.1 Å². The summed E-state index contributed by atoms with van der Waals surface area (Å²) in [7, 11) is 0. The van der Waals surface area contributed by atoms with Crippen molar-refractivity contribution in [2.75, 3.05) is 11.4 Å². The maximum Gasteiger partial charge on any atom is 0.240 e. The molecule has 1 fully saturated rings. The average Bonchev–Trinajstić information content (AvgIpc) is 3.13. The maximum atomic E-state index is 12.7. The normalized spacial score (nSPS) is 18.3. The minimum atomic E-state index is -0.186. The predicted molar refractivity (Wildman–Crippen MR) is 86.2 cm³/mol. The van der Waals surface area contributed by atoms with Crippen molar-refractivity contribution >= 4 is 23.4 Å². The molecule has 114 valence electrons. The van der Waals surface area contributed by atoms with Gasteiger partial charge < -0.3 is 4.90 Å². The summed E-state index contributed by atoms with van der Waals surface area (Å²) in [6.45, 7) is 2.70. The number of anilines is 1. The number of hydrogen-bond donors (Lipinski definition) is 1. The van der Waals surface area contributed by atoms with Crippen LogP contribution in [0.5, 0.6) is 0 Å². The summed E-state index contributed by atoms with van der Waals surface area (Å²) in [6, 6.07) is 8.13. The Morgan fingerprint density at radius 2 is 2.23 bits per heavy atom. The van der Waals surface area contributed by atoms with Crippen LogP contribution in [0.15, 0.2) is 29.4 Å². The molecular formula is C16H18N4OS. The first-order valence-electron chi connectivity index (χ1n) is 7.70. The monoisotopic (exact) mass is 314 g/mol. The Bertz CT molecular complexity index is 710. The molecule has 2 aromatic rings. The van der Waals surface area contributed by atoms with Gasteiger partial charge in [-0.1, -0.05) is 30.0 Å². The van der Waals surface area contributed by atoms with Crippen molar-refractivity contribution in [2.45, 2.75) is 42.5 Å². The van der Waals surface area contributed by atoms with Gasteiger partial charge >= 0.3 is 0 Å². The highest BCUT2D eigenvalue weighted by Gasteiger charge is 2.30. The third-order valence-corrected chi connectivity index (χ3v) is 5.18. The van der Waals surface area contributed by atoms with Gasteiger partial charge in [0.1, 0.15) is 5.82 Å². The van der Waals surface area contributed by atoms with E-state index >= 15 is 0 Å². The number of carbonyl (C=O) groups is 1. The third-order valence-electron chi connectivity index (χ3n) is 4.23. The Hall–Kier alpha value is -1.82. The minimum absolute atomic E-state index is 0.132. The maximum absolute atomic E-state index is 12.7. The van der Waals surface area contributed by atoms with E-state index in [0.717, 1.165) is 24.5 Å². The molecule has 22 heavy (non-hydrogen) atoms. The van der Waals surface area contributed by atoms with Crippen LogP contribution in [0.2, 0.25) is 0 Å². The van der Waals surface area contributed by atoms with E-state index in [1.807, 2.05) is 30.0 Å². The van der Waals surface area contributed by atoms with E-state index in [4.69, 9.17) is 0 Å². The summed E-state index contributed by atoms with van der Waals surface area (Å²) in [4.78, 5) is 19.1. The standard InChI is InChI=1S/C16H18N4OS/c1-10(22-16-17-14(18-19-16)12-6-7-12)15(21)20-9-8-11-4-2-3-5-13(11)20/h2-5,10,12H,6-9H2,1H3,(H,17,18,19). The zero-order valence-electron chi connectivity index (χ0n) is 12.5. The van der Waals surface area contributed by atoms with E-state index in [0.29, 0.717) is 11.1 Å². The van der Waals surface area contributed by atoms with Gasteiger partial charge in [0, 0.05) is 18.2 Å². The average molecular weight is 314 g/mol. The number of amides is 1. The second-order valence-corrected chi connectivity index (χ2v) is 7.21. The highest BCUT2D eigenvalue weighted by Crippen LogP contribution is 2.38. The van der Waals surface area contributed by atoms with Gasteiger partial charge in [-0.05, 0) is 37.8 Å². The molecule has 0 spiro atoms. The van der Waals surface area contributed by atoms with Crippen molar-refractivity contribution in [2.24, 2.45) is 0 Å². The van der Waals surface area contributed by atoms with Crippen LogP contribution < -0.4 is 4.90 Å². The lowest BCUT2D eigenvalue weighted by Gasteiger charge is -2.20. The van der Waals surface area contributed by atoms with E-state index < -0.39 is 0 Å². The van der Waals surface area contributed by atoms with Crippen LogP contribution >= 0.6 is 11.8 Å². The number of rotatable bonds is 4. The van der Waals surface area contributed by atoms with Crippen molar-refractivity contribution in [3.8, 4) is 0 Å². The van der Waals surface area contributed by atoms with Gasteiger partial charge in [-0.15, -0.1) is 5.10 Å². The Labute approximate surface area is 133 Å². The molecule has 1 N–H and O–H groups in total. The molecule has 1 amide bonds. The Morgan fingerprint density at radius 1 is 1.41 bits per heavy atom.